The van der Waals surface area contributed by atoms with Gasteiger partial charge in [0.2, 0.25) is 0 Å². The van der Waals surface area contributed by atoms with E-state index < -0.39 is 0 Å². The predicted molar refractivity (Wildman–Crippen MR) is 196 cm³/mol. The van der Waals surface area contributed by atoms with Crippen LogP contribution >= 0.6 is 0 Å². The van der Waals surface area contributed by atoms with Gasteiger partial charge < -0.3 is 9.47 Å². The second kappa shape index (κ2) is 10.7. The van der Waals surface area contributed by atoms with Crippen molar-refractivity contribution in [1.82, 2.24) is 0 Å². The van der Waals surface area contributed by atoms with Crippen molar-refractivity contribution >= 4 is 21.5 Å². The molecule has 0 bridgehead atoms. The number of rotatable bonds is 5. The summed E-state index contributed by atoms with van der Waals surface area (Å²) in [6.45, 7) is 0. The summed E-state index contributed by atoms with van der Waals surface area (Å²) in [6.07, 6.45) is 1.83. The van der Waals surface area contributed by atoms with E-state index in [1.54, 1.807) is 0 Å². The van der Waals surface area contributed by atoms with Gasteiger partial charge in [0.1, 0.15) is 23.0 Å². The molecule has 2 aliphatic carbocycles. The third kappa shape index (κ3) is 4.34. The van der Waals surface area contributed by atoms with Crippen LogP contribution in [0.25, 0.3) is 54.9 Å². The van der Waals surface area contributed by atoms with Crippen LogP contribution in [-0.4, -0.2) is 0 Å². The minimum atomic E-state index is 0.801. The number of hydrogen-bond donors (Lipinski definition) is 0. The minimum Gasteiger partial charge on any atom is -0.457 e. The molecule has 0 radical (unpaired) electrons. The maximum Gasteiger partial charge on any atom is 0.136 e. The van der Waals surface area contributed by atoms with Crippen LogP contribution in [0.4, 0.5) is 0 Å². The second-order valence-corrected chi connectivity index (χ2v) is 12.8. The molecule has 0 spiro atoms. The fourth-order valence-electron chi connectivity index (χ4n) is 7.81. The lowest BCUT2D eigenvalue weighted by Gasteiger charge is -2.20. The first kappa shape index (κ1) is 27.0. The van der Waals surface area contributed by atoms with Crippen LogP contribution in [0.15, 0.2) is 158 Å². The topological polar surface area (TPSA) is 18.5 Å². The molecule has 0 aliphatic heterocycles. The number of fused-ring (bicyclic) bond motifs is 8. The summed E-state index contributed by atoms with van der Waals surface area (Å²) in [6, 6.07) is 56.0. The van der Waals surface area contributed by atoms with Crippen molar-refractivity contribution in [2.45, 2.75) is 12.8 Å². The predicted octanol–water partition coefficient (Wildman–Crippen LogP) is 12.4. The second-order valence-electron chi connectivity index (χ2n) is 12.8. The van der Waals surface area contributed by atoms with Crippen molar-refractivity contribution in [1.29, 1.82) is 0 Å². The Morgan fingerprint density at radius 3 is 1.25 bits per heavy atom. The van der Waals surface area contributed by atoms with Crippen LogP contribution in [0.2, 0.25) is 0 Å². The van der Waals surface area contributed by atoms with E-state index in [0.29, 0.717) is 0 Å². The van der Waals surface area contributed by atoms with Crippen molar-refractivity contribution in [2.24, 2.45) is 0 Å². The van der Waals surface area contributed by atoms with Gasteiger partial charge in [0.05, 0.1) is 0 Å². The Hall–Kier alpha value is -6.12. The highest BCUT2D eigenvalue weighted by molar-refractivity contribution is 6.10. The van der Waals surface area contributed by atoms with E-state index in [-0.39, 0.29) is 0 Å². The highest BCUT2D eigenvalue weighted by Gasteiger charge is 2.23. The fourth-order valence-corrected chi connectivity index (χ4v) is 7.81. The molecule has 0 aromatic heterocycles. The average Bonchev–Trinajstić information content (AvgIpc) is 3.69. The molecular weight excluding hydrogens is 585 g/mol. The van der Waals surface area contributed by atoms with E-state index in [9.17, 15) is 0 Å². The first-order valence-corrected chi connectivity index (χ1v) is 16.6. The maximum absolute atomic E-state index is 6.89. The van der Waals surface area contributed by atoms with E-state index in [1.165, 1.54) is 44.5 Å². The van der Waals surface area contributed by atoms with E-state index in [0.717, 1.165) is 68.5 Å². The van der Waals surface area contributed by atoms with Gasteiger partial charge in [0.25, 0.3) is 0 Å². The molecule has 8 aromatic rings. The Balaban J connectivity index is 1.12. The molecule has 0 saturated heterocycles. The van der Waals surface area contributed by atoms with Gasteiger partial charge in [-0.05, 0) is 115 Å². The smallest absolute Gasteiger partial charge is 0.136 e. The molecule has 0 amide bonds. The molecule has 10 rings (SSSR count). The molecule has 2 nitrogen and oxygen atoms in total. The molecular formula is C46H30O2. The summed E-state index contributed by atoms with van der Waals surface area (Å²) in [7, 11) is 0. The SMILES string of the molecule is c1ccc2c(c1)Cc1cc(Oc3ccc4ccccc4c3-c3c(Oc4ccc5c(c4)Cc4ccccc4-5)ccc4ccccc34)ccc1-2. The van der Waals surface area contributed by atoms with Crippen molar-refractivity contribution < 1.29 is 9.47 Å². The molecule has 0 atom stereocenters. The third-order valence-electron chi connectivity index (χ3n) is 10.0. The van der Waals surface area contributed by atoms with Crippen molar-refractivity contribution in [2.75, 3.05) is 0 Å². The van der Waals surface area contributed by atoms with E-state index in [4.69, 9.17) is 9.47 Å². The molecule has 48 heavy (non-hydrogen) atoms. The summed E-state index contributed by atoms with van der Waals surface area (Å²) in [5, 5.41) is 4.54. The summed E-state index contributed by atoms with van der Waals surface area (Å²) in [5.41, 5.74) is 12.6. The Morgan fingerprint density at radius 2 is 0.750 bits per heavy atom. The van der Waals surface area contributed by atoms with Crippen LogP contribution in [-0.2, 0) is 12.8 Å². The first-order chi connectivity index (χ1) is 23.8. The molecule has 0 unspecified atom stereocenters. The highest BCUT2D eigenvalue weighted by Crippen LogP contribution is 2.49. The van der Waals surface area contributed by atoms with Gasteiger partial charge in [-0.2, -0.15) is 0 Å². The van der Waals surface area contributed by atoms with Crippen LogP contribution in [0.5, 0.6) is 23.0 Å². The summed E-state index contributed by atoms with van der Waals surface area (Å²) in [5.74, 6) is 3.27. The Labute approximate surface area is 279 Å². The quantitative estimate of drug-likeness (QED) is 0.192. The zero-order chi connectivity index (χ0) is 31.6. The van der Waals surface area contributed by atoms with Gasteiger partial charge in [-0.1, -0.05) is 121 Å². The van der Waals surface area contributed by atoms with E-state index >= 15 is 0 Å². The van der Waals surface area contributed by atoms with Gasteiger partial charge in [0.15, 0.2) is 0 Å². The minimum absolute atomic E-state index is 0.801. The zero-order valence-corrected chi connectivity index (χ0v) is 26.2. The normalized spacial score (nSPS) is 12.4. The van der Waals surface area contributed by atoms with E-state index in [2.05, 4.69) is 158 Å². The summed E-state index contributed by atoms with van der Waals surface area (Å²) >= 11 is 0. The Kier molecular flexibility index (Phi) is 6.04. The molecule has 8 aromatic carbocycles. The lowest BCUT2D eigenvalue weighted by atomic mass is 9.92. The van der Waals surface area contributed by atoms with Crippen LogP contribution in [0.1, 0.15) is 22.3 Å². The standard InChI is InChI=1S/C46H30O2/c1-7-15-41-29(9-1)17-23-43(47-35-19-21-39-33(27-35)25-31-11-3-5-13-37(31)39)45(41)46-42-16-8-2-10-30(42)18-24-44(46)48-36-20-22-40-34(28-36)26-32-12-4-6-14-38(32)40/h1-24,27-28H,25-26H2. The third-order valence-corrected chi connectivity index (χ3v) is 10.0. The van der Waals surface area contributed by atoms with E-state index in [1.807, 2.05) is 0 Å². The van der Waals surface area contributed by atoms with Gasteiger partial charge in [-0.25, -0.2) is 0 Å². The Morgan fingerprint density at radius 1 is 0.333 bits per heavy atom. The van der Waals surface area contributed by atoms with Crippen LogP contribution in [0.3, 0.4) is 0 Å². The molecule has 0 fully saturated rings. The molecule has 2 heteroatoms. The maximum atomic E-state index is 6.89. The Bertz CT molecular complexity index is 2400. The lowest BCUT2D eigenvalue weighted by molar-refractivity contribution is 0.478. The molecule has 226 valence electrons. The van der Waals surface area contributed by atoms with Crippen LogP contribution < -0.4 is 9.47 Å². The zero-order valence-electron chi connectivity index (χ0n) is 26.2. The van der Waals surface area contributed by atoms with Gasteiger partial charge in [0, 0.05) is 11.1 Å². The van der Waals surface area contributed by atoms with Gasteiger partial charge in [-0.3, -0.25) is 0 Å². The number of benzene rings is 8. The molecule has 0 heterocycles. The van der Waals surface area contributed by atoms with Crippen molar-refractivity contribution in [3.8, 4) is 56.4 Å². The van der Waals surface area contributed by atoms with Crippen LogP contribution in [0, 0.1) is 0 Å². The van der Waals surface area contributed by atoms with Crippen molar-refractivity contribution in [3.05, 3.63) is 180 Å². The van der Waals surface area contributed by atoms with Gasteiger partial charge >= 0.3 is 0 Å². The number of hydrogen-bond acceptors (Lipinski definition) is 2. The first-order valence-electron chi connectivity index (χ1n) is 16.6. The monoisotopic (exact) mass is 614 g/mol. The summed E-state index contributed by atoms with van der Waals surface area (Å²) < 4.78 is 13.8. The molecule has 0 N–H and O–H groups in total. The molecule has 2 aliphatic rings. The average molecular weight is 615 g/mol. The highest BCUT2D eigenvalue weighted by atomic mass is 16.5. The fraction of sp³-hybridized carbons (Fsp3) is 0.0435. The number of ether oxygens (including phenoxy) is 2. The molecule has 0 saturated carbocycles. The van der Waals surface area contributed by atoms with Crippen molar-refractivity contribution in [3.63, 3.8) is 0 Å². The summed E-state index contributed by atoms with van der Waals surface area (Å²) in [4.78, 5) is 0. The lowest BCUT2D eigenvalue weighted by Crippen LogP contribution is -1.96. The van der Waals surface area contributed by atoms with Gasteiger partial charge in [-0.15, -0.1) is 0 Å². The largest absolute Gasteiger partial charge is 0.457 e.